The van der Waals surface area contributed by atoms with Crippen molar-refractivity contribution in [1.82, 2.24) is 0 Å². The summed E-state index contributed by atoms with van der Waals surface area (Å²) in [4.78, 5) is 2.36. The molecule has 0 spiro atoms. The lowest BCUT2D eigenvalue weighted by atomic mass is 9.97. The number of rotatable bonds is 7. The van der Waals surface area contributed by atoms with E-state index in [1.807, 2.05) is 12.1 Å². The third-order valence-electron chi connectivity index (χ3n) is 10.5. The van der Waals surface area contributed by atoms with E-state index >= 15 is 0 Å². The van der Waals surface area contributed by atoms with E-state index in [4.69, 9.17) is 4.42 Å². The molecular formula is C52H35NO. The summed E-state index contributed by atoms with van der Waals surface area (Å²) in [7, 11) is 0. The Morgan fingerprint density at radius 2 is 0.815 bits per heavy atom. The van der Waals surface area contributed by atoms with E-state index in [9.17, 15) is 0 Å². The zero-order chi connectivity index (χ0) is 35.8. The van der Waals surface area contributed by atoms with Gasteiger partial charge in [-0.2, -0.15) is 0 Å². The van der Waals surface area contributed by atoms with E-state index in [-0.39, 0.29) is 0 Å². The Labute approximate surface area is 314 Å². The molecule has 10 aromatic rings. The summed E-state index contributed by atoms with van der Waals surface area (Å²) in [5.74, 6) is 0. The first-order chi connectivity index (χ1) is 26.8. The maximum atomic E-state index is 6.55. The quantitative estimate of drug-likeness (QED) is 0.166. The van der Waals surface area contributed by atoms with Crippen molar-refractivity contribution in [1.29, 1.82) is 0 Å². The topological polar surface area (TPSA) is 16.4 Å². The summed E-state index contributed by atoms with van der Waals surface area (Å²) in [6, 6.07) is 75.8. The van der Waals surface area contributed by atoms with Crippen LogP contribution in [0.5, 0.6) is 0 Å². The third kappa shape index (κ3) is 5.71. The van der Waals surface area contributed by atoms with E-state index < -0.39 is 0 Å². The highest BCUT2D eigenvalue weighted by Gasteiger charge is 2.20. The lowest BCUT2D eigenvalue weighted by Crippen LogP contribution is -2.11. The van der Waals surface area contributed by atoms with E-state index in [1.165, 1.54) is 44.2 Å². The second kappa shape index (κ2) is 13.4. The van der Waals surface area contributed by atoms with Crippen LogP contribution in [0.25, 0.3) is 77.2 Å². The maximum Gasteiger partial charge on any atom is 0.143 e. The van der Waals surface area contributed by atoms with Crippen molar-refractivity contribution in [3.8, 4) is 44.5 Å². The number of benzene rings is 9. The van der Waals surface area contributed by atoms with Crippen molar-refractivity contribution in [2.75, 3.05) is 4.90 Å². The van der Waals surface area contributed by atoms with Gasteiger partial charge in [-0.25, -0.2) is 0 Å². The molecule has 0 bridgehead atoms. The van der Waals surface area contributed by atoms with Crippen molar-refractivity contribution in [3.63, 3.8) is 0 Å². The minimum Gasteiger partial charge on any atom is -0.455 e. The van der Waals surface area contributed by atoms with Crippen LogP contribution < -0.4 is 4.90 Å². The van der Waals surface area contributed by atoms with Crippen LogP contribution in [0.15, 0.2) is 217 Å². The van der Waals surface area contributed by atoms with Crippen molar-refractivity contribution in [2.45, 2.75) is 0 Å². The van der Waals surface area contributed by atoms with Gasteiger partial charge in [0.15, 0.2) is 0 Å². The summed E-state index contributed by atoms with van der Waals surface area (Å²) in [6.45, 7) is 0. The van der Waals surface area contributed by atoms with Gasteiger partial charge in [-0.3, -0.25) is 0 Å². The normalized spacial score (nSPS) is 11.3. The van der Waals surface area contributed by atoms with Crippen LogP contribution in [0.4, 0.5) is 17.1 Å². The van der Waals surface area contributed by atoms with Gasteiger partial charge < -0.3 is 9.32 Å². The van der Waals surface area contributed by atoms with Gasteiger partial charge in [-0.15, -0.1) is 0 Å². The molecule has 2 nitrogen and oxygen atoms in total. The largest absolute Gasteiger partial charge is 0.455 e. The molecule has 2 heteroatoms. The minimum atomic E-state index is 0.895. The van der Waals surface area contributed by atoms with E-state index in [1.54, 1.807) is 0 Å². The first-order valence-corrected chi connectivity index (χ1v) is 18.4. The molecule has 54 heavy (non-hydrogen) atoms. The van der Waals surface area contributed by atoms with Crippen molar-refractivity contribution in [3.05, 3.63) is 212 Å². The van der Waals surface area contributed by atoms with Crippen LogP contribution in [-0.4, -0.2) is 0 Å². The van der Waals surface area contributed by atoms with Gasteiger partial charge in [0.1, 0.15) is 11.2 Å². The Hall–Kier alpha value is -7.16. The summed E-state index contributed by atoms with van der Waals surface area (Å²) in [5.41, 5.74) is 14.3. The average Bonchev–Trinajstić information content (AvgIpc) is 3.64. The van der Waals surface area contributed by atoms with Crippen molar-refractivity contribution >= 4 is 49.8 Å². The highest BCUT2D eigenvalue weighted by atomic mass is 16.3. The van der Waals surface area contributed by atoms with Crippen LogP contribution in [0.1, 0.15) is 0 Å². The predicted molar refractivity (Wildman–Crippen MR) is 228 cm³/mol. The van der Waals surface area contributed by atoms with Gasteiger partial charge in [0, 0.05) is 33.3 Å². The minimum absolute atomic E-state index is 0.895. The third-order valence-corrected chi connectivity index (χ3v) is 10.5. The van der Waals surface area contributed by atoms with E-state index in [0.29, 0.717) is 0 Å². The van der Waals surface area contributed by atoms with Gasteiger partial charge in [0.2, 0.25) is 0 Å². The molecule has 0 aliphatic heterocycles. The van der Waals surface area contributed by atoms with Crippen LogP contribution in [0, 0.1) is 0 Å². The Morgan fingerprint density at radius 3 is 1.54 bits per heavy atom. The fourth-order valence-electron chi connectivity index (χ4n) is 7.74. The highest BCUT2D eigenvalue weighted by Crippen LogP contribution is 2.44. The van der Waals surface area contributed by atoms with Gasteiger partial charge in [0.25, 0.3) is 0 Å². The Balaban J connectivity index is 1.05. The fourth-order valence-corrected chi connectivity index (χ4v) is 7.74. The second-order valence-electron chi connectivity index (χ2n) is 13.7. The molecule has 254 valence electrons. The molecule has 0 N–H and O–H groups in total. The molecule has 0 aliphatic carbocycles. The molecule has 0 radical (unpaired) electrons. The van der Waals surface area contributed by atoms with Crippen LogP contribution >= 0.6 is 0 Å². The van der Waals surface area contributed by atoms with Crippen LogP contribution in [0.3, 0.4) is 0 Å². The zero-order valence-electron chi connectivity index (χ0n) is 29.6. The average molecular weight is 690 g/mol. The number of furan rings is 1. The van der Waals surface area contributed by atoms with Crippen LogP contribution in [0.2, 0.25) is 0 Å². The van der Waals surface area contributed by atoms with Crippen LogP contribution in [-0.2, 0) is 0 Å². The standard InChI is InChI=1S/C52H35NO/c1-2-11-36(12-3-1)39-27-31-44(32-28-39)53(50-19-8-6-15-46(50)48-17-10-18-49-47-16-7-9-20-51(47)54-52(48)49)45-33-29-40(30-34-45)38-21-23-41(24-22-38)43-26-25-37-13-4-5-14-42(37)35-43/h1-35H. The molecule has 10 rings (SSSR count). The van der Waals surface area contributed by atoms with Gasteiger partial charge in [-0.05, 0) is 86.6 Å². The SMILES string of the molecule is c1ccc(-c2ccc(N(c3ccc(-c4ccc(-c5ccc6ccccc6c5)cc4)cc3)c3ccccc3-c3cccc4c3oc3ccccc34)cc2)cc1. The number of hydrogen-bond donors (Lipinski definition) is 0. The van der Waals surface area contributed by atoms with E-state index in [2.05, 4.69) is 205 Å². The molecule has 0 atom stereocenters. The summed E-state index contributed by atoms with van der Waals surface area (Å²) >= 11 is 0. The molecule has 0 unspecified atom stereocenters. The Kier molecular flexibility index (Phi) is 7.85. The van der Waals surface area contributed by atoms with Gasteiger partial charge in [0.05, 0.1) is 5.69 Å². The number of nitrogens with zero attached hydrogens (tertiary/aromatic N) is 1. The lowest BCUT2D eigenvalue weighted by Gasteiger charge is -2.28. The molecule has 1 aromatic heterocycles. The zero-order valence-corrected chi connectivity index (χ0v) is 29.6. The number of hydrogen-bond acceptors (Lipinski definition) is 2. The number of anilines is 3. The number of para-hydroxylation sites is 3. The van der Waals surface area contributed by atoms with Gasteiger partial charge in [-0.1, -0.05) is 170 Å². The van der Waals surface area contributed by atoms with Gasteiger partial charge >= 0.3 is 0 Å². The first-order valence-electron chi connectivity index (χ1n) is 18.4. The fraction of sp³-hybridized carbons (Fsp3) is 0. The second-order valence-corrected chi connectivity index (χ2v) is 13.7. The Morgan fingerprint density at radius 1 is 0.315 bits per heavy atom. The maximum absolute atomic E-state index is 6.55. The first kappa shape index (κ1) is 31.6. The Bertz CT molecular complexity index is 2900. The highest BCUT2D eigenvalue weighted by molar-refractivity contribution is 6.10. The molecule has 9 aromatic carbocycles. The number of fused-ring (bicyclic) bond motifs is 4. The molecular weight excluding hydrogens is 655 g/mol. The monoisotopic (exact) mass is 689 g/mol. The predicted octanol–water partition coefficient (Wildman–Crippen LogP) is 14.9. The molecule has 0 saturated carbocycles. The molecule has 1 heterocycles. The molecule has 0 fully saturated rings. The van der Waals surface area contributed by atoms with Crippen molar-refractivity contribution in [2.24, 2.45) is 0 Å². The summed E-state index contributed by atoms with van der Waals surface area (Å²) in [5, 5.41) is 4.76. The smallest absolute Gasteiger partial charge is 0.143 e. The van der Waals surface area contributed by atoms with E-state index in [0.717, 1.165) is 50.1 Å². The summed E-state index contributed by atoms with van der Waals surface area (Å²) < 4.78 is 6.55. The molecule has 0 aliphatic rings. The lowest BCUT2D eigenvalue weighted by molar-refractivity contribution is 0.670. The van der Waals surface area contributed by atoms with Crippen molar-refractivity contribution < 1.29 is 4.42 Å². The molecule has 0 saturated heterocycles. The molecule has 0 amide bonds. The summed E-state index contributed by atoms with van der Waals surface area (Å²) in [6.07, 6.45) is 0.